The topological polar surface area (TPSA) is 50.8 Å². The summed E-state index contributed by atoms with van der Waals surface area (Å²) in [5.41, 5.74) is 14.8. The third-order valence-electron chi connectivity index (χ3n) is 11.4. The highest BCUT2D eigenvalue weighted by molar-refractivity contribution is 6.13. The lowest BCUT2D eigenvalue weighted by Gasteiger charge is -2.28. The number of anilines is 3. The first-order valence-electron chi connectivity index (χ1n) is 17.2. The normalized spacial score (nSPS) is 14.4. The zero-order chi connectivity index (χ0) is 34.5. The molecule has 0 amide bonds. The van der Waals surface area contributed by atoms with Gasteiger partial charge in [-0.1, -0.05) is 93.9 Å². The first-order chi connectivity index (χ1) is 24.1. The Morgan fingerprint density at radius 1 is 0.440 bits per heavy atom. The van der Waals surface area contributed by atoms with Gasteiger partial charge in [0.05, 0.1) is 11.1 Å². The zero-order valence-corrected chi connectivity index (χ0v) is 28.9. The molecule has 3 nitrogen and oxygen atoms in total. The summed E-state index contributed by atoms with van der Waals surface area (Å²) >= 11 is 0. The lowest BCUT2D eigenvalue weighted by Crippen LogP contribution is -2.16. The number of aryl methyl sites for hydroxylation is 1. The molecule has 50 heavy (non-hydrogen) atoms. The van der Waals surface area contributed by atoms with Crippen LogP contribution in [-0.4, -0.2) is 0 Å². The Hall–Kier alpha value is -6.16. The van der Waals surface area contributed by atoms with Crippen LogP contribution in [0.3, 0.4) is 0 Å². The van der Waals surface area contributed by atoms with E-state index in [1.165, 1.54) is 38.9 Å². The highest BCUT2D eigenvalue weighted by Gasteiger charge is 2.39. The minimum absolute atomic E-state index is 0.217. The predicted octanol–water partition coefficient (Wildman–Crippen LogP) is 12.1. The minimum Gasteiger partial charge on any atom is -0.310 e. The zero-order valence-electron chi connectivity index (χ0n) is 28.9. The first-order valence-corrected chi connectivity index (χ1v) is 17.2. The predicted molar refractivity (Wildman–Crippen MR) is 205 cm³/mol. The molecule has 0 unspecified atom stereocenters. The van der Waals surface area contributed by atoms with Gasteiger partial charge in [0, 0.05) is 49.4 Å². The SMILES string of the molecule is Cc1ccc2c(c1)C(C)(C)c1cc3c(C#N)c4cc5c(cc4c(C#N)c3cc1-2)C(C)(C)c1cc(N(c2ccccc2)c2ccccc2)ccc1-5. The second-order valence-electron chi connectivity index (χ2n) is 14.9. The van der Waals surface area contributed by atoms with E-state index in [-0.39, 0.29) is 10.8 Å². The number of hydrogen-bond donors (Lipinski definition) is 0. The minimum atomic E-state index is -0.332. The first kappa shape index (κ1) is 29.9. The molecule has 3 heteroatoms. The van der Waals surface area contributed by atoms with Gasteiger partial charge in [-0.15, -0.1) is 0 Å². The van der Waals surface area contributed by atoms with Crippen molar-refractivity contribution in [2.24, 2.45) is 0 Å². The van der Waals surface area contributed by atoms with Crippen molar-refractivity contribution in [1.29, 1.82) is 10.5 Å². The van der Waals surface area contributed by atoms with Gasteiger partial charge in [-0.05, 0) is 112 Å². The average Bonchev–Trinajstić information content (AvgIpc) is 3.48. The largest absolute Gasteiger partial charge is 0.310 e. The Labute approximate surface area is 293 Å². The van der Waals surface area contributed by atoms with Crippen LogP contribution in [0.4, 0.5) is 17.1 Å². The quantitative estimate of drug-likeness (QED) is 0.180. The molecule has 0 radical (unpaired) electrons. The summed E-state index contributed by atoms with van der Waals surface area (Å²) in [6, 6.07) is 48.3. The molecule has 0 fully saturated rings. The van der Waals surface area contributed by atoms with E-state index in [2.05, 4.69) is 161 Å². The number of para-hydroxylation sites is 2. The molecule has 0 bridgehead atoms. The van der Waals surface area contributed by atoms with E-state index < -0.39 is 0 Å². The molecule has 0 N–H and O–H groups in total. The van der Waals surface area contributed by atoms with Crippen molar-refractivity contribution in [1.82, 2.24) is 0 Å². The summed E-state index contributed by atoms with van der Waals surface area (Å²) in [6.45, 7) is 11.2. The van der Waals surface area contributed by atoms with E-state index >= 15 is 0 Å². The van der Waals surface area contributed by atoms with Gasteiger partial charge < -0.3 is 4.90 Å². The number of rotatable bonds is 3. The fraction of sp³-hybridized carbons (Fsp3) is 0.149. The maximum atomic E-state index is 10.8. The summed E-state index contributed by atoms with van der Waals surface area (Å²) in [6.07, 6.45) is 0. The molecule has 0 aromatic heterocycles. The van der Waals surface area contributed by atoms with Gasteiger partial charge in [0.25, 0.3) is 0 Å². The second kappa shape index (κ2) is 10.4. The third kappa shape index (κ3) is 4.01. The van der Waals surface area contributed by atoms with Crippen LogP contribution in [0.25, 0.3) is 43.8 Å². The third-order valence-corrected chi connectivity index (χ3v) is 11.4. The average molecular weight is 642 g/mol. The van der Waals surface area contributed by atoms with E-state index in [4.69, 9.17) is 0 Å². The van der Waals surface area contributed by atoms with Crippen molar-refractivity contribution in [3.05, 3.63) is 160 Å². The van der Waals surface area contributed by atoms with Crippen molar-refractivity contribution < 1.29 is 0 Å². The van der Waals surface area contributed by atoms with Gasteiger partial charge in [-0.25, -0.2) is 0 Å². The number of benzene rings is 7. The molecule has 9 rings (SSSR count). The molecule has 7 aromatic rings. The maximum Gasteiger partial charge on any atom is 0.100 e. The Morgan fingerprint density at radius 3 is 1.34 bits per heavy atom. The summed E-state index contributed by atoms with van der Waals surface area (Å²) in [5.74, 6) is 0. The van der Waals surface area contributed by atoms with Crippen LogP contribution in [0.2, 0.25) is 0 Å². The van der Waals surface area contributed by atoms with Crippen LogP contribution in [0.15, 0.2) is 121 Å². The highest BCUT2D eigenvalue weighted by Crippen LogP contribution is 2.54. The van der Waals surface area contributed by atoms with Crippen LogP contribution in [0.5, 0.6) is 0 Å². The summed E-state index contributed by atoms with van der Waals surface area (Å²) in [4.78, 5) is 2.30. The number of nitrogens with zero attached hydrogens (tertiary/aromatic N) is 3. The van der Waals surface area contributed by atoms with E-state index in [1.54, 1.807) is 0 Å². The van der Waals surface area contributed by atoms with Gasteiger partial charge in [-0.3, -0.25) is 0 Å². The number of fused-ring (bicyclic) bond motifs is 8. The van der Waals surface area contributed by atoms with Crippen molar-refractivity contribution >= 4 is 38.6 Å². The molecule has 0 saturated carbocycles. The van der Waals surface area contributed by atoms with E-state index in [0.29, 0.717) is 11.1 Å². The van der Waals surface area contributed by atoms with Crippen molar-refractivity contribution in [2.75, 3.05) is 4.90 Å². The fourth-order valence-electron chi connectivity index (χ4n) is 8.76. The van der Waals surface area contributed by atoms with E-state index in [0.717, 1.165) is 49.7 Å². The lowest BCUT2D eigenvalue weighted by atomic mass is 9.79. The van der Waals surface area contributed by atoms with Gasteiger partial charge in [-0.2, -0.15) is 10.5 Å². The summed E-state index contributed by atoms with van der Waals surface area (Å²) in [5, 5.41) is 25.0. The Morgan fingerprint density at radius 2 is 0.860 bits per heavy atom. The Bertz CT molecular complexity index is 2630. The molecule has 7 aromatic carbocycles. The van der Waals surface area contributed by atoms with Crippen LogP contribution in [-0.2, 0) is 10.8 Å². The molecule has 0 heterocycles. The molecule has 0 atom stereocenters. The van der Waals surface area contributed by atoms with Crippen LogP contribution in [0.1, 0.15) is 66.6 Å². The van der Waals surface area contributed by atoms with Crippen LogP contribution >= 0.6 is 0 Å². The fourth-order valence-corrected chi connectivity index (χ4v) is 8.76. The molecule has 238 valence electrons. The monoisotopic (exact) mass is 641 g/mol. The van der Waals surface area contributed by atoms with Gasteiger partial charge in [0.2, 0.25) is 0 Å². The molecule has 0 spiro atoms. The molecule has 2 aliphatic carbocycles. The van der Waals surface area contributed by atoms with Crippen molar-refractivity contribution in [2.45, 2.75) is 45.4 Å². The standard InChI is InChI=1S/C47H35N3/c1-28-16-18-32-38-22-34-36(24-44(38)46(2,3)42(32)20-28)41(27-49)35-23-39-33-19-17-31(21-43(33)47(4,5)45(39)25-37(35)40(34)26-48)50(29-12-8-6-9-13-29)30-14-10-7-11-15-30/h6-25H,1-5H3. The second-order valence-corrected chi connectivity index (χ2v) is 14.9. The summed E-state index contributed by atoms with van der Waals surface area (Å²) < 4.78 is 0. The lowest BCUT2D eigenvalue weighted by molar-refractivity contribution is 0.660. The van der Waals surface area contributed by atoms with Crippen molar-refractivity contribution in [3.8, 4) is 34.4 Å². The summed E-state index contributed by atoms with van der Waals surface area (Å²) in [7, 11) is 0. The smallest absolute Gasteiger partial charge is 0.100 e. The molecule has 2 aliphatic rings. The molecular formula is C47H35N3. The van der Waals surface area contributed by atoms with E-state index in [9.17, 15) is 10.5 Å². The molecular weight excluding hydrogens is 607 g/mol. The molecule has 0 aliphatic heterocycles. The number of nitriles is 2. The van der Waals surface area contributed by atoms with Gasteiger partial charge >= 0.3 is 0 Å². The molecule has 0 saturated heterocycles. The Balaban J connectivity index is 1.28. The van der Waals surface area contributed by atoms with E-state index in [1.807, 2.05) is 12.1 Å². The number of hydrogen-bond acceptors (Lipinski definition) is 3. The van der Waals surface area contributed by atoms with Gasteiger partial charge in [0.15, 0.2) is 0 Å². The van der Waals surface area contributed by atoms with Gasteiger partial charge in [0.1, 0.15) is 12.1 Å². The Kier molecular flexibility index (Phi) is 6.24. The highest BCUT2D eigenvalue weighted by atomic mass is 15.1. The maximum absolute atomic E-state index is 10.8. The van der Waals surface area contributed by atoms with Crippen molar-refractivity contribution in [3.63, 3.8) is 0 Å². The van der Waals surface area contributed by atoms with Crippen LogP contribution < -0.4 is 4.90 Å². The van der Waals surface area contributed by atoms with Crippen LogP contribution in [0, 0.1) is 29.6 Å².